The minimum atomic E-state index is 0.344. The molecule has 3 heteroatoms. The van der Waals surface area contributed by atoms with Gasteiger partial charge in [-0.1, -0.05) is 51.1 Å². The van der Waals surface area contributed by atoms with Gasteiger partial charge in [-0.25, -0.2) is 0 Å². The van der Waals surface area contributed by atoms with Crippen molar-refractivity contribution < 1.29 is 9.47 Å². The minimum absolute atomic E-state index is 0.344. The van der Waals surface area contributed by atoms with E-state index in [2.05, 4.69) is 68.1 Å². The highest BCUT2D eigenvalue weighted by molar-refractivity contribution is 5.51. The van der Waals surface area contributed by atoms with E-state index in [1.807, 2.05) is 0 Å². The fourth-order valence-electron chi connectivity index (χ4n) is 4.37. The van der Waals surface area contributed by atoms with Gasteiger partial charge in [-0.3, -0.25) is 4.90 Å². The fourth-order valence-corrected chi connectivity index (χ4v) is 4.37. The molecule has 0 radical (unpaired) electrons. The number of fused-ring (bicyclic) bond motifs is 1. The van der Waals surface area contributed by atoms with Crippen molar-refractivity contribution in [2.45, 2.75) is 45.6 Å². The zero-order valence-corrected chi connectivity index (χ0v) is 17.4. The van der Waals surface area contributed by atoms with Crippen molar-refractivity contribution in [1.82, 2.24) is 4.90 Å². The van der Waals surface area contributed by atoms with Gasteiger partial charge in [0.1, 0.15) is 0 Å². The molecule has 1 unspecified atom stereocenters. The summed E-state index contributed by atoms with van der Waals surface area (Å²) < 4.78 is 11.2. The van der Waals surface area contributed by atoms with Crippen LogP contribution < -0.4 is 9.47 Å². The van der Waals surface area contributed by atoms with Crippen molar-refractivity contribution in [3.63, 3.8) is 0 Å². The van der Waals surface area contributed by atoms with Gasteiger partial charge in [0.25, 0.3) is 0 Å². The number of hydrogen-bond acceptors (Lipinski definition) is 3. The predicted octanol–water partition coefficient (Wildman–Crippen LogP) is 5.13. The van der Waals surface area contributed by atoms with Gasteiger partial charge in [0.2, 0.25) is 0 Å². The molecule has 0 saturated carbocycles. The Morgan fingerprint density at radius 1 is 1.04 bits per heavy atom. The lowest BCUT2D eigenvalue weighted by molar-refractivity contribution is 0.170. The number of methoxy groups -OCH3 is 2. The molecule has 0 N–H and O–H groups in total. The van der Waals surface area contributed by atoms with E-state index in [0.29, 0.717) is 17.9 Å². The van der Waals surface area contributed by atoms with Gasteiger partial charge < -0.3 is 9.47 Å². The molecule has 0 aliphatic carbocycles. The molecule has 0 saturated heterocycles. The van der Waals surface area contributed by atoms with Gasteiger partial charge in [0.15, 0.2) is 11.5 Å². The zero-order chi connectivity index (χ0) is 19.4. The molecule has 2 aromatic rings. The maximum atomic E-state index is 5.63. The molecule has 1 aliphatic rings. The van der Waals surface area contributed by atoms with Crippen LogP contribution in [0.25, 0.3) is 0 Å². The van der Waals surface area contributed by atoms with Crippen LogP contribution in [-0.4, -0.2) is 38.3 Å². The summed E-state index contributed by atoms with van der Waals surface area (Å²) in [5.74, 6) is 2.65. The van der Waals surface area contributed by atoms with Crippen LogP contribution in [0.15, 0.2) is 42.5 Å². The van der Waals surface area contributed by atoms with E-state index >= 15 is 0 Å². The van der Waals surface area contributed by atoms with Gasteiger partial charge in [-0.2, -0.15) is 0 Å². The number of rotatable bonds is 6. The lowest BCUT2D eigenvalue weighted by atomic mass is 9.87. The van der Waals surface area contributed by atoms with E-state index in [1.165, 1.54) is 16.7 Å². The first-order valence-corrected chi connectivity index (χ1v) is 10.1. The highest BCUT2D eigenvalue weighted by Gasteiger charge is 2.31. The number of hydrogen-bond donors (Lipinski definition) is 0. The van der Waals surface area contributed by atoms with Gasteiger partial charge in [-0.05, 0) is 47.6 Å². The number of ether oxygens (including phenoxy) is 2. The fraction of sp³-hybridized carbons (Fsp3) is 0.500. The van der Waals surface area contributed by atoms with Crippen LogP contribution in [0.1, 0.15) is 49.8 Å². The zero-order valence-electron chi connectivity index (χ0n) is 17.4. The summed E-state index contributed by atoms with van der Waals surface area (Å²) in [7, 11) is 3.44. The normalized spacial score (nSPS) is 20.2. The van der Waals surface area contributed by atoms with E-state index in [4.69, 9.17) is 9.47 Å². The molecule has 146 valence electrons. The first-order valence-electron chi connectivity index (χ1n) is 10.1. The second-order valence-corrected chi connectivity index (χ2v) is 7.98. The van der Waals surface area contributed by atoms with Crippen LogP contribution in [0.3, 0.4) is 0 Å². The molecule has 2 atom stereocenters. The molecule has 0 amide bonds. The van der Waals surface area contributed by atoms with Crippen LogP contribution in [0.5, 0.6) is 11.5 Å². The standard InChI is InChI=1S/C24H33NO2/c1-6-20-12-19-13-23(26-4)24(27-5)14-21(19)22(16-25(20)15-17(2)3)18-10-8-7-9-11-18/h7-11,13-14,17,20,22H,6,12,15-16H2,1-5H3/t20?,22-/m0/s1. The topological polar surface area (TPSA) is 21.7 Å². The van der Waals surface area contributed by atoms with Crippen LogP contribution in [0.2, 0.25) is 0 Å². The molecular formula is C24H33NO2. The molecule has 1 heterocycles. The minimum Gasteiger partial charge on any atom is -0.493 e. The Morgan fingerprint density at radius 3 is 2.30 bits per heavy atom. The van der Waals surface area contributed by atoms with Crippen molar-refractivity contribution in [2.24, 2.45) is 5.92 Å². The molecule has 0 aromatic heterocycles. The highest BCUT2D eigenvalue weighted by Crippen LogP contribution is 2.40. The first kappa shape index (κ1) is 19.8. The Kier molecular flexibility index (Phi) is 6.43. The van der Waals surface area contributed by atoms with E-state index < -0.39 is 0 Å². The Hall–Kier alpha value is -2.00. The lowest BCUT2D eigenvalue weighted by Crippen LogP contribution is -2.39. The molecule has 1 aliphatic heterocycles. The molecular weight excluding hydrogens is 334 g/mol. The summed E-state index contributed by atoms with van der Waals surface area (Å²) in [6.07, 6.45) is 2.21. The Bertz CT molecular complexity index is 742. The molecule has 0 fully saturated rings. The van der Waals surface area contributed by atoms with Gasteiger partial charge >= 0.3 is 0 Å². The largest absolute Gasteiger partial charge is 0.493 e. The number of benzene rings is 2. The monoisotopic (exact) mass is 367 g/mol. The van der Waals surface area contributed by atoms with Gasteiger partial charge in [-0.15, -0.1) is 0 Å². The van der Waals surface area contributed by atoms with Crippen LogP contribution in [0.4, 0.5) is 0 Å². The van der Waals surface area contributed by atoms with Crippen molar-refractivity contribution in [3.8, 4) is 11.5 Å². The van der Waals surface area contributed by atoms with E-state index in [0.717, 1.165) is 37.4 Å². The smallest absolute Gasteiger partial charge is 0.161 e. The second kappa shape index (κ2) is 8.79. The van der Waals surface area contributed by atoms with Crippen molar-refractivity contribution in [2.75, 3.05) is 27.3 Å². The SMILES string of the molecule is CCC1Cc2cc(OC)c(OC)cc2[C@H](c2ccccc2)CN1CC(C)C. The molecule has 0 spiro atoms. The third kappa shape index (κ3) is 4.30. The Balaban J connectivity index is 2.12. The summed E-state index contributed by atoms with van der Waals surface area (Å²) in [5, 5.41) is 0. The van der Waals surface area contributed by atoms with Crippen molar-refractivity contribution >= 4 is 0 Å². The molecule has 3 rings (SSSR count). The van der Waals surface area contributed by atoms with Gasteiger partial charge in [0, 0.05) is 25.0 Å². The summed E-state index contributed by atoms with van der Waals surface area (Å²) in [5.41, 5.74) is 4.14. The Labute approximate surface area is 164 Å². The van der Waals surface area contributed by atoms with E-state index in [1.54, 1.807) is 14.2 Å². The average Bonchev–Trinajstić information content (AvgIpc) is 2.83. The van der Waals surface area contributed by atoms with Crippen LogP contribution in [-0.2, 0) is 6.42 Å². The third-order valence-corrected chi connectivity index (χ3v) is 5.68. The average molecular weight is 368 g/mol. The molecule has 3 nitrogen and oxygen atoms in total. The maximum absolute atomic E-state index is 5.63. The third-order valence-electron chi connectivity index (χ3n) is 5.68. The summed E-state index contributed by atoms with van der Waals surface area (Å²) in [4.78, 5) is 2.70. The molecule has 0 bridgehead atoms. The molecule has 2 aromatic carbocycles. The van der Waals surface area contributed by atoms with Crippen LogP contribution >= 0.6 is 0 Å². The summed E-state index contributed by atoms with van der Waals surface area (Å²) in [6, 6.07) is 15.9. The van der Waals surface area contributed by atoms with Gasteiger partial charge in [0.05, 0.1) is 14.2 Å². The van der Waals surface area contributed by atoms with Crippen molar-refractivity contribution in [3.05, 3.63) is 59.2 Å². The predicted molar refractivity (Wildman–Crippen MR) is 112 cm³/mol. The quantitative estimate of drug-likeness (QED) is 0.706. The first-order chi connectivity index (χ1) is 13.1. The highest BCUT2D eigenvalue weighted by atomic mass is 16.5. The lowest BCUT2D eigenvalue weighted by Gasteiger charge is -2.32. The maximum Gasteiger partial charge on any atom is 0.161 e. The van der Waals surface area contributed by atoms with Crippen LogP contribution in [0, 0.1) is 5.92 Å². The summed E-state index contributed by atoms with van der Waals surface area (Å²) >= 11 is 0. The Morgan fingerprint density at radius 2 is 1.70 bits per heavy atom. The van der Waals surface area contributed by atoms with Crippen molar-refractivity contribution in [1.29, 1.82) is 0 Å². The van der Waals surface area contributed by atoms with E-state index in [-0.39, 0.29) is 0 Å². The number of nitrogens with zero attached hydrogens (tertiary/aromatic N) is 1. The van der Waals surface area contributed by atoms with E-state index in [9.17, 15) is 0 Å². The summed E-state index contributed by atoms with van der Waals surface area (Å²) in [6.45, 7) is 9.11. The second-order valence-electron chi connectivity index (χ2n) is 7.98. The molecule has 27 heavy (non-hydrogen) atoms.